The minimum absolute atomic E-state index is 0.129. The number of carbonyl (C=O) groups excluding carboxylic acids is 1. The Kier molecular flexibility index (Phi) is 2.12. The minimum atomic E-state index is -0.275. The number of rotatable bonds is 0. The van der Waals surface area contributed by atoms with E-state index in [0.29, 0.717) is 12.1 Å². The van der Waals surface area contributed by atoms with E-state index in [-0.39, 0.29) is 17.9 Å². The van der Waals surface area contributed by atoms with E-state index < -0.39 is 0 Å². The van der Waals surface area contributed by atoms with Crippen molar-refractivity contribution in [2.24, 2.45) is 0 Å². The molecule has 0 bridgehead atoms. The third-order valence-corrected chi connectivity index (χ3v) is 3.14. The van der Waals surface area contributed by atoms with Crippen LogP contribution >= 0.6 is 0 Å². The van der Waals surface area contributed by atoms with Gasteiger partial charge in [0.1, 0.15) is 0 Å². The van der Waals surface area contributed by atoms with Crippen LogP contribution in [0.2, 0.25) is 0 Å². The number of aromatic amines is 1. The van der Waals surface area contributed by atoms with Gasteiger partial charge < -0.3 is 10.3 Å². The molecule has 0 unspecified atom stereocenters. The number of H-pyrrole nitrogens is 1. The molecule has 4 nitrogen and oxygen atoms in total. The predicted octanol–water partition coefficient (Wildman–Crippen LogP) is 1.12. The van der Waals surface area contributed by atoms with Crippen LogP contribution in [0.25, 0.3) is 10.9 Å². The number of benzene rings is 1. The smallest absolute Gasteiger partial charge is 0.259 e. The number of aromatic nitrogens is 1. The van der Waals surface area contributed by atoms with Gasteiger partial charge in [-0.15, -0.1) is 0 Å². The molecule has 0 fully saturated rings. The quantitative estimate of drug-likeness (QED) is 0.710. The number of pyridine rings is 1. The summed E-state index contributed by atoms with van der Waals surface area (Å²) in [6.45, 7) is 2.81. The molecule has 0 aliphatic carbocycles. The highest BCUT2D eigenvalue weighted by atomic mass is 16.1. The average molecular weight is 228 g/mol. The number of nitrogens with one attached hydrogen (secondary N) is 2. The van der Waals surface area contributed by atoms with Crippen LogP contribution in [0.15, 0.2) is 23.0 Å². The average Bonchev–Trinajstić information content (AvgIpc) is 2.30. The molecule has 0 atom stereocenters. The highest BCUT2D eigenvalue weighted by Gasteiger charge is 2.22. The molecular formula is C13H12N2O2. The Morgan fingerprint density at radius 1 is 1.18 bits per heavy atom. The van der Waals surface area contributed by atoms with Crippen LogP contribution in [0.4, 0.5) is 0 Å². The molecule has 1 aliphatic heterocycles. The van der Waals surface area contributed by atoms with Gasteiger partial charge in [-0.2, -0.15) is 0 Å². The summed E-state index contributed by atoms with van der Waals surface area (Å²) in [4.78, 5) is 26.4. The van der Waals surface area contributed by atoms with Gasteiger partial charge in [0, 0.05) is 17.4 Å². The van der Waals surface area contributed by atoms with E-state index in [2.05, 4.69) is 10.3 Å². The number of Topliss-reactive ketones (excluding diaryl/α,β-unsaturated/α-hetero) is 1. The number of aryl methyl sites for hydroxylation is 1. The van der Waals surface area contributed by atoms with Gasteiger partial charge in [-0.3, -0.25) is 9.59 Å². The molecule has 0 saturated heterocycles. The van der Waals surface area contributed by atoms with E-state index >= 15 is 0 Å². The van der Waals surface area contributed by atoms with Gasteiger partial charge in [0.05, 0.1) is 12.1 Å². The summed E-state index contributed by atoms with van der Waals surface area (Å²) in [6.07, 6.45) is 0. The Morgan fingerprint density at radius 2 is 2.00 bits per heavy atom. The lowest BCUT2D eigenvalue weighted by atomic mass is 9.96. The maximum absolute atomic E-state index is 11.9. The molecule has 17 heavy (non-hydrogen) atoms. The van der Waals surface area contributed by atoms with Crippen molar-refractivity contribution in [2.45, 2.75) is 13.5 Å². The van der Waals surface area contributed by atoms with Gasteiger partial charge in [-0.25, -0.2) is 0 Å². The molecule has 3 rings (SSSR count). The Bertz CT molecular complexity index is 686. The second kappa shape index (κ2) is 3.53. The van der Waals surface area contributed by atoms with Crippen LogP contribution < -0.4 is 10.9 Å². The zero-order valence-electron chi connectivity index (χ0n) is 9.46. The van der Waals surface area contributed by atoms with Crippen molar-refractivity contribution in [3.05, 3.63) is 45.2 Å². The summed E-state index contributed by atoms with van der Waals surface area (Å²) in [6, 6.07) is 5.83. The zero-order chi connectivity index (χ0) is 12.0. The number of hydrogen-bond donors (Lipinski definition) is 2. The van der Waals surface area contributed by atoms with E-state index in [1.54, 1.807) is 0 Å². The fourth-order valence-electron chi connectivity index (χ4n) is 2.34. The second-order valence-electron chi connectivity index (χ2n) is 4.38. The van der Waals surface area contributed by atoms with Crippen LogP contribution in [-0.4, -0.2) is 17.3 Å². The molecule has 2 heterocycles. The fraction of sp³-hybridized carbons (Fsp3) is 0.231. The first kappa shape index (κ1) is 10.2. The second-order valence-corrected chi connectivity index (χ2v) is 4.38. The lowest BCUT2D eigenvalue weighted by Crippen LogP contribution is -2.35. The summed E-state index contributed by atoms with van der Waals surface area (Å²) in [5.41, 5.74) is 2.77. The standard InChI is InChI=1S/C13H12N2O2/c1-7-2-3-10-8(4-7)9-5-14-6-11(16)12(9)13(17)15-10/h2-4,14H,5-6H2,1H3,(H,15,17). The van der Waals surface area contributed by atoms with Crippen molar-refractivity contribution in [3.8, 4) is 0 Å². The van der Waals surface area contributed by atoms with Gasteiger partial charge >= 0.3 is 0 Å². The SMILES string of the molecule is Cc1ccc2[nH]c(=O)c3c(c2c1)CNCC3=O. The normalized spacial score (nSPS) is 15.0. The Morgan fingerprint density at radius 3 is 2.82 bits per heavy atom. The van der Waals surface area contributed by atoms with Gasteiger partial charge in [0.25, 0.3) is 5.56 Å². The fourth-order valence-corrected chi connectivity index (χ4v) is 2.34. The van der Waals surface area contributed by atoms with Crippen LogP contribution in [0, 0.1) is 6.92 Å². The molecule has 2 aromatic rings. The molecule has 0 amide bonds. The van der Waals surface area contributed by atoms with Gasteiger partial charge in [-0.05, 0) is 24.6 Å². The van der Waals surface area contributed by atoms with Crippen molar-refractivity contribution < 1.29 is 4.79 Å². The summed E-state index contributed by atoms with van der Waals surface area (Å²) in [5, 5.41) is 3.99. The van der Waals surface area contributed by atoms with Crippen LogP contribution in [0.3, 0.4) is 0 Å². The monoisotopic (exact) mass is 228 g/mol. The molecule has 1 aliphatic rings. The molecule has 86 valence electrons. The topological polar surface area (TPSA) is 62.0 Å². The molecule has 1 aromatic carbocycles. The lowest BCUT2D eigenvalue weighted by molar-refractivity contribution is 0.0981. The van der Waals surface area contributed by atoms with Crippen molar-refractivity contribution in [3.63, 3.8) is 0 Å². The maximum Gasteiger partial charge on any atom is 0.259 e. The van der Waals surface area contributed by atoms with Gasteiger partial charge in [0.2, 0.25) is 0 Å². The zero-order valence-corrected chi connectivity index (χ0v) is 9.46. The summed E-state index contributed by atoms with van der Waals surface area (Å²) in [5.74, 6) is -0.129. The molecule has 1 aromatic heterocycles. The predicted molar refractivity (Wildman–Crippen MR) is 65.3 cm³/mol. The van der Waals surface area contributed by atoms with Gasteiger partial charge in [0.15, 0.2) is 5.78 Å². The van der Waals surface area contributed by atoms with E-state index in [1.807, 2.05) is 25.1 Å². The summed E-state index contributed by atoms with van der Waals surface area (Å²) >= 11 is 0. The van der Waals surface area contributed by atoms with E-state index in [4.69, 9.17) is 0 Å². The first-order valence-electron chi connectivity index (χ1n) is 5.56. The summed E-state index contributed by atoms with van der Waals surface area (Å²) in [7, 11) is 0. The number of carbonyl (C=O) groups is 1. The van der Waals surface area contributed by atoms with Crippen LogP contribution in [-0.2, 0) is 6.54 Å². The minimum Gasteiger partial charge on any atom is -0.321 e. The van der Waals surface area contributed by atoms with Crippen molar-refractivity contribution >= 4 is 16.7 Å². The largest absolute Gasteiger partial charge is 0.321 e. The van der Waals surface area contributed by atoms with E-state index in [9.17, 15) is 9.59 Å². The molecular weight excluding hydrogens is 216 g/mol. The van der Waals surface area contributed by atoms with Crippen molar-refractivity contribution in [1.82, 2.24) is 10.3 Å². The first-order valence-corrected chi connectivity index (χ1v) is 5.56. The Hall–Kier alpha value is -1.94. The number of ketones is 1. The van der Waals surface area contributed by atoms with Gasteiger partial charge in [-0.1, -0.05) is 11.6 Å². The molecule has 2 N–H and O–H groups in total. The first-order chi connectivity index (χ1) is 8.16. The van der Waals surface area contributed by atoms with E-state index in [0.717, 1.165) is 22.0 Å². The maximum atomic E-state index is 11.9. The third-order valence-electron chi connectivity index (χ3n) is 3.14. The van der Waals surface area contributed by atoms with Crippen LogP contribution in [0.1, 0.15) is 21.5 Å². The molecule has 0 spiro atoms. The molecule has 0 saturated carbocycles. The molecule has 4 heteroatoms. The Labute approximate surface area is 97.7 Å². The highest BCUT2D eigenvalue weighted by molar-refractivity contribution is 6.03. The Balaban J connectivity index is 2.47. The summed E-state index contributed by atoms with van der Waals surface area (Å²) < 4.78 is 0. The van der Waals surface area contributed by atoms with Crippen LogP contribution in [0.5, 0.6) is 0 Å². The third kappa shape index (κ3) is 1.49. The molecule has 0 radical (unpaired) electrons. The number of hydrogen-bond acceptors (Lipinski definition) is 3. The lowest BCUT2D eigenvalue weighted by Gasteiger charge is -2.17. The van der Waals surface area contributed by atoms with Crippen molar-refractivity contribution in [2.75, 3.05) is 6.54 Å². The number of fused-ring (bicyclic) bond motifs is 3. The van der Waals surface area contributed by atoms with Crippen molar-refractivity contribution in [1.29, 1.82) is 0 Å². The highest BCUT2D eigenvalue weighted by Crippen LogP contribution is 2.21. The van der Waals surface area contributed by atoms with E-state index in [1.165, 1.54) is 0 Å².